The van der Waals surface area contributed by atoms with Crippen LogP contribution in [0.3, 0.4) is 0 Å². The summed E-state index contributed by atoms with van der Waals surface area (Å²) in [6, 6.07) is 13.7. The molecule has 27 heavy (non-hydrogen) atoms. The second-order valence-electron chi connectivity index (χ2n) is 6.08. The molecule has 7 heteroatoms. The number of amides is 1. The number of carbonyl (C=O) groups is 1. The van der Waals surface area contributed by atoms with Crippen molar-refractivity contribution in [2.75, 3.05) is 12.4 Å². The molecule has 1 atom stereocenters. The minimum absolute atomic E-state index is 0.0533. The summed E-state index contributed by atoms with van der Waals surface area (Å²) in [5.74, 6) is 1.15. The van der Waals surface area contributed by atoms with E-state index in [1.807, 2.05) is 24.3 Å². The molecule has 138 valence electrons. The Bertz CT molecular complexity index is 942. The number of fused-ring (bicyclic) bond motifs is 1. The molecule has 0 saturated carbocycles. The van der Waals surface area contributed by atoms with E-state index in [0.29, 0.717) is 17.6 Å². The van der Waals surface area contributed by atoms with Gasteiger partial charge in [0, 0.05) is 17.5 Å². The number of ether oxygens (including phenoxy) is 1. The molecular formula is C20H17FN2O3S. The molecule has 0 bridgehead atoms. The number of hydrogen-bond donors (Lipinski definition) is 1. The van der Waals surface area contributed by atoms with Crippen molar-refractivity contribution in [1.82, 2.24) is 10.3 Å². The van der Waals surface area contributed by atoms with Gasteiger partial charge in [0.25, 0.3) is 5.22 Å². The first-order chi connectivity index (χ1) is 13.2. The Hall–Kier alpha value is -2.80. The Balaban J connectivity index is 1.34. The van der Waals surface area contributed by atoms with Crippen LogP contribution in [0.5, 0.6) is 5.75 Å². The summed E-state index contributed by atoms with van der Waals surface area (Å²) in [6.45, 7) is 0.579. The van der Waals surface area contributed by atoms with E-state index in [0.717, 1.165) is 23.3 Å². The lowest BCUT2D eigenvalue weighted by atomic mass is 10.0. The molecule has 1 aliphatic heterocycles. The highest BCUT2D eigenvalue weighted by Crippen LogP contribution is 2.32. The number of halogens is 1. The number of rotatable bonds is 5. The summed E-state index contributed by atoms with van der Waals surface area (Å²) in [7, 11) is 0. The Morgan fingerprint density at radius 2 is 2.04 bits per heavy atom. The number of carbonyl (C=O) groups excluding carboxylic acids is 1. The van der Waals surface area contributed by atoms with Gasteiger partial charge in [-0.3, -0.25) is 4.79 Å². The molecular weight excluding hydrogens is 367 g/mol. The normalized spacial score (nSPS) is 15.7. The van der Waals surface area contributed by atoms with Gasteiger partial charge in [0.2, 0.25) is 5.91 Å². The maximum atomic E-state index is 13.0. The average molecular weight is 384 g/mol. The Morgan fingerprint density at radius 3 is 2.89 bits per heavy atom. The van der Waals surface area contributed by atoms with Crippen molar-refractivity contribution < 1.29 is 18.3 Å². The third kappa shape index (κ3) is 4.14. The number of aromatic nitrogens is 1. The first-order valence-electron chi connectivity index (χ1n) is 8.55. The van der Waals surface area contributed by atoms with Gasteiger partial charge >= 0.3 is 0 Å². The van der Waals surface area contributed by atoms with Crippen molar-refractivity contribution in [2.24, 2.45) is 0 Å². The molecule has 1 aliphatic rings. The number of benzene rings is 2. The topological polar surface area (TPSA) is 64.4 Å². The number of hydrogen-bond acceptors (Lipinski definition) is 5. The fourth-order valence-corrected chi connectivity index (χ4v) is 3.54. The highest BCUT2D eigenvalue weighted by molar-refractivity contribution is 7.99. The molecule has 0 radical (unpaired) electrons. The zero-order chi connectivity index (χ0) is 18.6. The van der Waals surface area contributed by atoms with E-state index in [9.17, 15) is 9.18 Å². The first kappa shape index (κ1) is 17.6. The summed E-state index contributed by atoms with van der Waals surface area (Å²) < 4.78 is 24.2. The molecule has 4 rings (SSSR count). The van der Waals surface area contributed by atoms with Crippen molar-refractivity contribution in [3.63, 3.8) is 0 Å². The predicted octanol–water partition coefficient (Wildman–Crippen LogP) is 4.21. The van der Waals surface area contributed by atoms with Crippen LogP contribution in [0.4, 0.5) is 4.39 Å². The number of nitrogens with one attached hydrogen (secondary N) is 1. The van der Waals surface area contributed by atoms with Crippen LogP contribution in [-0.4, -0.2) is 23.3 Å². The van der Waals surface area contributed by atoms with Gasteiger partial charge in [0.15, 0.2) is 5.76 Å². The van der Waals surface area contributed by atoms with Crippen LogP contribution < -0.4 is 10.1 Å². The van der Waals surface area contributed by atoms with E-state index in [4.69, 9.17) is 9.15 Å². The molecule has 2 aromatic carbocycles. The lowest BCUT2D eigenvalue weighted by molar-refractivity contribution is -0.119. The minimum Gasteiger partial charge on any atom is -0.493 e. The molecule has 1 unspecified atom stereocenters. The SMILES string of the molecule is O=C(CSc1ncc(-c2ccc(F)cc2)o1)NC1CCOc2ccccc21. The van der Waals surface area contributed by atoms with Crippen molar-refractivity contribution in [1.29, 1.82) is 0 Å². The average Bonchev–Trinajstić information content (AvgIpc) is 3.16. The zero-order valence-electron chi connectivity index (χ0n) is 14.4. The summed E-state index contributed by atoms with van der Waals surface area (Å²) in [6.07, 6.45) is 2.31. The maximum absolute atomic E-state index is 13.0. The Labute approximate surface area is 159 Å². The Kier molecular flexibility index (Phi) is 5.11. The molecule has 3 aromatic rings. The summed E-state index contributed by atoms with van der Waals surface area (Å²) in [4.78, 5) is 16.5. The minimum atomic E-state index is -0.306. The van der Waals surface area contributed by atoms with E-state index < -0.39 is 0 Å². The van der Waals surface area contributed by atoms with Crippen molar-refractivity contribution in [2.45, 2.75) is 17.7 Å². The molecule has 1 amide bonds. The van der Waals surface area contributed by atoms with E-state index in [1.165, 1.54) is 23.9 Å². The van der Waals surface area contributed by atoms with Crippen LogP contribution in [0, 0.1) is 5.82 Å². The lowest BCUT2D eigenvalue weighted by Gasteiger charge is -2.26. The third-order valence-corrected chi connectivity index (χ3v) is 5.08. The highest BCUT2D eigenvalue weighted by Gasteiger charge is 2.22. The largest absolute Gasteiger partial charge is 0.493 e. The Morgan fingerprint density at radius 1 is 1.22 bits per heavy atom. The van der Waals surface area contributed by atoms with E-state index in [1.54, 1.807) is 18.3 Å². The monoisotopic (exact) mass is 384 g/mol. The quantitative estimate of drug-likeness (QED) is 0.668. The maximum Gasteiger partial charge on any atom is 0.256 e. The predicted molar refractivity (Wildman–Crippen MR) is 100 cm³/mol. The molecule has 0 saturated heterocycles. The van der Waals surface area contributed by atoms with Crippen LogP contribution in [0.15, 0.2) is 64.4 Å². The fraction of sp³-hybridized carbons (Fsp3) is 0.200. The zero-order valence-corrected chi connectivity index (χ0v) is 15.2. The second kappa shape index (κ2) is 7.84. The number of para-hydroxylation sites is 1. The van der Waals surface area contributed by atoms with Gasteiger partial charge in [-0.05, 0) is 30.3 Å². The standard InChI is InChI=1S/C20H17FN2O3S/c21-14-7-5-13(6-8-14)18-11-22-20(26-18)27-12-19(24)23-16-9-10-25-17-4-2-1-3-15(16)17/h1-8,11,16H,9-10,12H2,(H,23,24). The summed E-state index contributed by atoms with van der Waals surface area (Å²) in [5, 5.41) is 3.44. The van der Waals surface area contributed by atoms with Gasteiger partial charge in [-0.1, -0.05) is 30.0 Å². The first-order valence-corrected chi connectivity index (χ1v) is 9.53. The second-order valence-corrected chi connectivity index (χ2v) is 7.01. The molecule has 1 N–H and O–H groups in total. The van der Waals surface area contributed by atoms with Gasteiger partial charge in [0.05, 0.1) is 24.6 Å². The van der Waals surface area contributed by atoms with Crippen molar-refractivity contribution in [3.05, 3.63) is 66.1 Å². The van der Waals surface area contributed by atoms with Crippen molar-refractivity contribution in [3.8, 4) is 17.1 Å². The number of oxazole rings is 1. The van der Waals surface area contributed by atoms with Gasteiger partial charge in [0.1, 0.15) is 11.6 Å². The van der Waals surface area contributed by atoms with Crippen LogP contribution >= 0.6 is 11.8 Å². The van der Waals surface area contributed by atoms with Gasteiger partial charge in [-0.15, -0.1) is 0 Å². The van der Waals surface area contributed by atoms with Crippen LogP contribution in [0.1, 0.15) is 18.0 Å². The van der Waals surface area contributed by atoms with Gasteiger partial charge in [-0.25, -0.2) is 9.37 Å². The molecule has 0 aliphatic carbocycles. The van der Waals surface area contributed by atoms with E-state index >= 15 is 0 Å². The lowest BCUT2D eigenvalue weighted by Crippen LogP contribution is -2.33. The highest BCUT2D eigenvalue weighted by atomic mass is 32.2. The van der Waals surface area contributed by atoms with Crippen LogP contribution in [0.25, 0.3) is 11.3 Å². The van der Waals surface area contributed by atoms with Crippen LogP contribution in [0.2, 0.25) is 0 Å². The fourth-order valence-electron chi connectivity index (χ4n) is 2.93. The third-order valence-electron chi connectivity index (χ3n) is 4.23. The van der Waals surface area contributed by atoms with E-state index in [-0.39, 0.29) is 23.5 Å². The molecule has 2 heterocycles. The van der Waals surface area contributed by atoms with Crippen LogP contribution in [-0.2, 0) is 4.79 Å². The molecule has 5 nitrogen and oxygen atoms in total. The summed E-state index contributed by atoms with van der Waals surface area (Å²) >= 11 is 1.22. The molecule has 1 aromatic heterocycles. The number of nitrogens with zero attached hydrogens (tertiary/aromatic N) is 1. The van der Waals surface area contributed by atoms with Gasteiger partial charge in [-0.2, -0.15) is 0 Å². The molecule has 0 spiro atoms. The van der Waals surface area contributed by atoms with Gasteiger partial charge < -0.3 is 14.5 Å². The summed E-state index contributed by atoms with van der Waals surface area (Å²) in [5.41, 5.74) is 1.73. The number of thioether (sulfide) groups is 1. The van der Waals surface area contributed by atoms with E-state index in [2.05, 4.69) is 10.3 Å². The van der Waals surface area contributed by atoms with Crippen molar-refractivity contribution >= 4 is 17.7 Å². The smallest absolute Gasteiger partial charge is 0.256 e. The molecule has 0 fully saturated rings.